The van der Waals surface area contributed by atoms with Crippen LogP contribution in [0.25, 0.3) is 0 Å². The number of ether oxygens (including phenoxy) is 2. The van der Waals surface area contributed by atoms with E-state index in [2.05, 4.69) is 31.9 Å². The van der Waals surface area contributed by atoms with Gasteiger partial charge in [0.05, 0.1) is 11.3 Å². The molecule has 2 aromatic carbocycles. The molecule has 158 valence electrons. The minimum absolute atomic E-state index is 0.213. The molecule has 0 amide bonds. The van der Waals surface area contributed by atoms with Gasteiger partial charge in [-0.15, -0.1) is 11.6 Å². The van der Waals surface area contributed by atoms with Crippen molar-refractivity contribution in [2.24, 2.45) is 17.3 Å². The molecule has 1 fully saturated rings. The van der Waals surface area contributed by atoms with Crippen LogP contribution in [-0.2, 0) is 9.53 Å². The van der Waals surface area contributed by atoms with Gasteiger partial charge in [-0.05, 0) is 35.6 Å². The average Bonchev–Trinajstić information content (AvgIpc) is 3.27. The summed E-state index contributed by atoms with van der Waals surface area (Å²) in [5.41, 5.74) is 0.132. The van der Waals surface area contributed by atoms with Gasteiger partial charge in [0.15, 0.2) is 2.69 Å². The number of nitriles is 1. The lowest BCUT2D eigenvalue weighted by molar-refractivity contribution is -0.149. The van der Waals surface area contributed by atoms with Crippen molar-refractivity contribution in [1.29, 1.82) is 5.26 Å². The summed E-state index contributed by atoms with van der Waals surface area (Å²) < 4.78 is 10.3. The van der Waals surface area contributed by atoms with Crippen molar-refractivity contribution < 1.29 is 14.3 Å². The van der Waals surface area contributed by atoms with E-state index in [4.69, 9.17) is 32.7 Å². The Kier molecular flexibility index (Phi) is 7.08. The predicted molar refractivity (Wildman–Crippen MR) is 124 cm³/mol. The molecule has 4 unspecified atom stereocenters. The fraction of sp³-hybridized carbons (Fsp3) is 0.364. The van der Waals surface area contributed by atoms with Crippen LogP contribution in [0, 0.1) is 28.6 Å². The summed E-state index contributed by atoms with van der Waals surface area (Å²) in [6.45, 7) is 3.86. The van der Waals surface area contributed by atoms with Crippen LogP contribution < -0.4 is 4.74 Å². The third-order valence-electron chi connectivity index (χ3n) is 5.28. The van der Waals surface area contributed by atoms with E-state index in [1.807, 2.05) is 50.2 Å². The van der Waals surface area contributed by atoms with E-state index in [1.54, 1.807) is 24.3 Å². The maximum absolute atomic E-state index is 12.8. The molecule has 0 bridgehead atoms. The molecule has 2 aromatic rings. The molecule has 1 aliphatic rings. The Bertz CT molecular complexity index is 957. The molecule has 30 heavy (non-hydrogen) atoms. The monoisotopic (exact) mass is 573 g/mol. The number of carbonyl (C=O) groups excluding carboxylic acids is 1. The van der Waals surface area contributed by atoms with Gasteiger partial charge >= 0.3 is 5.97 Å². The lowest BCUT2D eigenvalue weighted by atomic mass is 10.1. The highest BCUT2D eigenvalue weighted by molar-refractivity contribution is 9.26. The summed E-state index contributed by atoms with van der Waals surface area (Å²) >= 11 is 19.2. The smallest absolute Gasteiger partial charge is 0.311 e. The first-order valence-corrected chi connectivity index (χ1v) is 11.6. The van der Waals surface area contributed by atoms with Crippen LogP contribution in [0.2, 0.25) is 0 Å². The van der Waals surface area contributed by atoms with Crippen molar-refractivity contribution in [2.45, 2.75) is 28.0 Å². The number of benzene rings is 2. The number of alkyl halides is 4. The first-order valence-electron chi connectivity index (χ1n) is 9.19. The van der Waals surface area contributed by atoms with Crippen LogP contribution in [0.5, 0.6) is 11.5 Å². The highest BCUT2D eigenvalue weighted by Crippen LogP contribution is 2.65. The van der Waals surface area contributed by atoms with Gasteiger partial charge in [-0.25, -0.2) is 0 Å². The lowest BCUT2D eigenvalue weighted by Crippen LogP contribution is -2.24. The summed E-state index contributed by atoms with van der Waals surface area (Å²) in [7, 11) is 0. The molecule has 0 aromatic heterocycles. The van der Waals surface area contributed by atoms with E-state index in [1.165, 1.54) is 0 Å². The van der Waals surface area contributed by atoms with Crippen molar-refractivity contribution in [2.75, 3.05) is 0 Å². The van der Waals surface area contributed by atoms with E-state index >= 15 is 0 Å². The van der Waals surface area contributed by atoms with Gasteiger partial charge in [-0.1, -0.05) is 87.6 Å². The molecule has 0 radical (unpaired) electrons. The second-order valence-electron chi connectivity index (χ2n) is 7.70. The molecule has 1 saturated carbocycles. The molecule has 0 aliphatic heterocycles. The van der Waals surface area contributed by atoms with E-state index in [0.717, 1.165) is 0 Å². The second kappa shape index (κ2) is 9.08. The SMILES string of the molecule is CC1(C)C(C(=O)OC(C#N)c2cccc(Oc3ccccc3)c2)C1C(Cl)C(Cl)(Br)Br. The van der Waals surface area contributed by atoms with Crippen LogP contribution in [0.4, 0.5) is 0 Å². The van der Waals surface area contributed by atoms with Crippen LogP contribution >= 0.6 is 55.1 Å². The Morgan fingerprint density at radius 2 is 1.80 bits per heavy atom. The van der Waals surface area contributed by atoms with Crippen molar-refractivity contribution >= 4 is 61.0 Å². The molecule has 3 rings (SSSR count). The fourth-order valence-electron chi connectivity index (χ4n) is 3.60. The number of rotatable bonds is 7. The van der Waals surface area contributed by atoms with Gasteiger partial charge in [0.25, 0.3) is 0 Å². The Hall–Kier alpha value is -1.26. The molecule has 8 heteroatoms. The van der Waals surface area contributed by atoms with Crippen molar-refractivity contribution in [3.05, 3.63) is 60.2 Å². The number of para-hydroxylation sites is 1. The minimum Gasteiger partial charge on any atom is -0.457 e. The van der Waals surface area contributed by atoms with E-state index in [9.17, 15) is 10.1 Å². The van der Waals surface area contributed by atoms with Gasteiger partial charge < -0.3 is 9.47 Å². The number of esters is 1. The second-order valence-corrected chi connectivity index (χ2v) is 13.2. The summed E-state index contributed by atoms with van der Waals surface area (Å²) in [5, 5.41) is 9.06. The first kappa shape index (κ1) is 23.4. The fourth-order valence-corrected chi connectivity index (χ4v) is 4.78. The Morgan fingerprint density at radius 3 is 2.40 bits per heavy atom. The van der Waals surface area contributed by atoms with Gasteiger partial charge in [-0.3, -0.25) is 4.79 Å². The predicted octanol–water partition coefficient (Wildman–Crippen LogP) is 7.15. The number of hydrogen-bond donors (Lipinski definition) is 0. The molecular weight excluding hydrogens is 557 g/mol. The normalized spacial score (nSPS) is 21.8. The number of halogens is 4. The van der Waals surface area contributed by atoms with Crippen LogP contribution in [0.3, 0.4) is 0 Å². The maximum atomic E-state index is 12.8. The van der Waals surface area contributed by atoms with Gasteiger partial charge in [0.2, 0.25) is 6.10 Å². The third-order valence-corrected chi connectivity index (χ3v) is 7.74. The molecule has 4 nitrogen and oxygen atoms in total. The highest BCUT2D eigenvalue weighted by Gasteiger charge is 2.68. The lowest BCUT2D eigenvalue weighted by Gasteiger charge is -2.20. The summed E-state index contributed by atoms with van der Waals surface area (Å²) in [6, 6.07) is 18.3. The summed E-state index contributed by atoms with van der Waals surface area (Å²) in [5.74, 6) is 0.0660. The number of carbonyl (C=O) groups is 1. The molecule has 1 aliphatic carbocycles. The number of hydrogen-bond acceptors (Lipinski definition) is 4. The first-order chi connectivity index (χ1) is 14.1. The largest absolute Gasteiger partial charge is 0.457 e. The molecule has 0 spiro atoms. The van der Waals surface area contributed by atoms with Crippen molar-refractivity contribution in [1.82, 2.24) is 0 Å². The van der Waals surface area contributed by atoms with Gasteiger partial charge in [-0.2, -0.15) is 5.26 Å². The average molecular weight is 576 g/mol. The Balaban J connectivity index is 1.72. The molecular formula is C22H19Br2Cl2NO3. The molecule has 4 atom stereocenters. The molecule has 0 heterocycles. The topological polar surface area (TPSA) is 59.3 Å². The van der Waals surface area contributed by atoms with Gasteiger partial charge in [0.1, 0.15) is 17.6 Å². The maximum Gasteiger partial charge on any atom is 0.311 e. The molecule has 0 N–H and O–H groups in total. The van der Waals surface area contributed by atoms with E-state index in [0.29, 0.717) is 17.1 Å². The Morgan fingerprint density at radius 1 is 1.17 bits per heavy atom. The van der Waals surface area contributed by atoms with Gasteiger partial charge in [0, 0.05) is 5.56 Å². The van der Waals surface area contributed by atoms with Crippen molar-refractivity contribution in [3.8, 4) is 17.6 Å². The standard InChI is InChI=1S/C22H19Br2Cl2NO3/c1-21(2)17(19(25)22(23,24)26)18(21)20(28)30-16(12-27)13-7-6-10-15(11-13)29-14-8-4-3-5-9-14/h3-11,16-19H,1-2H3. The van der Waals surface area contributed by atoms with Crippen LogP contribution in [-0.4, -0.2) is 14.0 Å². The zero-order valence-electron chi connectivity index (χ0n) is 16.2. The quantitative estimate of drug-likeness (QED) is 0.260. The number of nitrogens with zero attached hydrogens (tertiary/aromatic N) is 1. The zero-order valence-corrected chi connectivity index (χ0v) is 20.9. The Labute approximate surface area is 202 Å². The highest BCUT2D eigenvalue weighted by atomic mass is 79.9. The van der Waals surface area contributed by atoms with E-state index < -0.39 is 31.5 Å². The summed E-state index contributed by atoms with van der Waals surface area (Å²) in [4.78, 5) is 12.8. The third kappa shape index (κ3) is 5.13. The van der Waals surface area contributed by atoms with Crippen LogP contribution in [0.1, 0.15) is 25.5 Å². The minimum atomic E-state index is -1.06. The molecule has 0 saturated heterocycles. The van der Waals surface area contributed by atoms with Crippen molar-refractivity contribution in [3.63, 3.8) is 0 Å². The summed E-state index contributed by atoms with van der Waals surface area (Å²) in [6.07, 6.45) is -1.06. The zero-order chi connectivity index (χ0) is 22.1. The van der Waals surface area contributed by atoms with Crippen LogP contribution in [0.15, 0.2) is 54.6 Å². The van der Waals surface area contributed by atoms with E-state index in [-0.39, 0.29) is 5.92 Å².